The molecule has 0 bridgehead atoms. The van der Waals surface area contributed by atoms with Gasteiger partial charge >= 0.3 is 5.97 Å². The minimum atomic E-state index is -0.960. The molecule has 0 aliphatic carbocycles. The van der Waals surface area contributed by atoms with Crippen LogP contribution in [0.4, 0.5) is 5.69 Å². The van der Waals surface area contributed by atoms with Gasteiger partial charge in [-0.1, -0.05) is 35.9 Å². The number of nitrogens with zero attached hydrogens (tertiary/aromatic N) is 1. The van der Waals surface area contributed by atoms with E-state index in [1.807, 2.05) is 48.5 Å². The van der Waals surface area contributed by atoms with Crippen LogP contribution in [0.2, 0.25) is 5.02 Å². The number of carbonyl (C=O) groups excluding carboxylic acids is 1. The van der Waals surface area contributed by atoms with Crippen molar-refractivity contribution in [2.75, 3.05) is 11.9 Å². The predicted molar refractivity (Wildman–Crippen MR) is 143 cm³/mol. The van der Waals surface area contributed by atoms with Crippen molar-refractivity contribution in [2.45, 2.75) is 12.3 Å². The Hall–Kier alpha value is -4.80. The summed E-state index contributed by atoms with van der Waals surface area (Å²) in [6.07, 6.45) is 0.337. The topological polar surface area (TPSA) is 109 Å². The van der Waals surface area contributed by atoms with Gasteiger partial charge < -0.3 is 19.9 Å². The number of nitrogens with one attached hydrogen (secondary N) is 1. The number of rotatable bonds is 6. The Morgan fingerprint density at radius 2 is 1.63 bits per heavy atom. The number of carboxylic acids is 1. The first-order chi connectivity index (χ1) is 18.4. The van der Waals surface area contributed by atoms with Gasteiger partial charge in [-0.25, -0.2) is 0 Å². The lowest BCUT2D eigenvalue weighted by atomic mass is 9.91. The number of ether oxygens (including phenoxy) is 2. The summed E-state index contributed by atoms with van der Waals surface area (Å²) in [5.74, 6) is -0.929. The minimum absolute atomic E-state index is 0.198. The van der Waals surface area contributed by atoms with Crippen molar-refractivity contribution in [3.63, 3.8) is 0 Å². The van der Waals surface area contributed by atoms with Gasteiger partial charge in [0, 0.05) is 27.9 Å². The lowest BCUT2D eigenvalue weighted by molar-refractivity contribution is -0.139. The van der Waals surface area contributed by atoms with E-state index < -0.39 is 11.9 Å². The number of anilines is 1. The molecule has 1 aliphatic heterocycles. The van der Waals surface area contributed by atoms with Crippen LogP contribution in [0.25, 0.3) is 11.1 Å². The summed E-state index contributed by atoms with van der Waals surface area (Å²) in [5, 5.41) is 22.6. The summed E-state index contributed by atoms with van der Waals surface area (Å²) in [6, 6.07) is 26.6. The first kappa shape index (κ1) is 24.9. The normalized spacial score (nSPS) is 13.9. The van der Waals surface area contributed by atoms with Crippen LogP contribution in [0, 0.1) is 11.3 Å². The third-order valence-corrected chi connectivity index (χ3v) is 6.49. The molecule has 4 aromatic rings. The van der Waals surface area contributed by atoms with Crippen LogP contribution in [0.3, 0.4) is 0 Å². The Bertz CT molecular complexity index is 1540. The minimum Gasteiger partial charge on any atom is -0.493 e. The van der Waals surface area contributed by atoms with Gasteiger partial charge in [-0.15, -0.1) is 0 Å². The number of benzene rings is 4. The molecule has 0 radical (unpaired) electrons. The third-order valence-electron chi connectivity index (χ3n) is 6.23. The molecule has 0 saturated heterocycles. The van der Waals surface area contributed by atoms with Crippen molar-refractivity contribution < 1.29 is 24.2 Å². The third kappa shape index (κ3) is 5.31. The fourth-order valence-corrected chi connectivity index (χ4v) is 4.36. The van der Waals surface area contributed by atoms with Crippen molar-refractivity contribution in [1.29, 1.82) is 5.26 Å². The first-order valence-electron chi connectivity index (χ1n) is 11.8. The SMILES string of the molecule is N#Cc1cc2c(cc1Oc1ccc(C(=O)Nc3ccc(-c4ccc(Cl)cc4)cc3)cc1)OCCC2C(=O)O. The van der Waals surface area contributed by atoms with Crippen LogP contribution >= 0.6 is 11.6 Å². The van der Waals surface area contributed by atoms with Crippen LogP contribution < -0.4 is 14.8 Å². The van der Waals surface area contributed by atoms with Gasteiger partial charge in [-0.05, 0) is 72.1 Å². The molecule has 7 nitrogen and oxygen atoms in total. The van der Waals surface area contributed by atoms with Gasteiger partial charge in [-0.3, -0.25) is 9.59 Å². The summed E-state index contributed by atoms with van der Waals surface area (Å²) in [4.78, 5) is 24.3. The molecule has 38 heavy (non-hydrogen) atoms. The number of halogens is 1. The molecule has 5 rings (SSSR count). The molecule has 0 fully saturated rings. The highest BCUT2D eigenvalue weighted by Crippen LogP contribution is 2.39. The highest BCUT2D eigenvalue weighted by Gasteiger charge is 2.29. The van der Waals surface area contributed by atoms with Crippen LogP contribution in [-0.2, 0) is 4.79 Å². The van der Waals surface area contributed by atoms with Gasteiger partial charge in [0.2, 0.25) is 0 Å². The molecule has 1 unspecified atom stereocenters. The second-order valence-electron chi connectivity index (χ2n) is 8.69. The van der Waals surface area contributed by atoms with Gasteiger partial charge in [0.15, 0.2) is 0 Å². The quantitative estimate of drug-likeness (QED) is 0.285. The van der Waals surface area contributed by atoms with Crippen molar-refractivity contribution in [3.8, 4) is 34.4 Å². The van der Waals surface area contributed by atoms with E-state index in [1.165, 1.54) is 12.1 Å². The summed E-state index contributed by atoms with van der Waals surface area (Å²) < 4.78 is 11.5. The fraction of sp³-hybridized carbons (Fsp3) is 0.100. The number of hydrogen-bond acceptors (Lipinski definition) is 5. The zero-order valence-corrected chi connectivity index (χ0v) is 20.7. The van der Waals surface area contributed by atoms with E-state index in [0.29, 0.717) is 39.8 Å². The zero-order valence-electron chi connectivity index (χ0n) is 20.0. The lowest BCUT2D eigenvalue weighted by Gasteiger charge is -2.24. The Labute approximate surface area is 223 Å². The average Bonchev–Trinajstić information content (AvgIpc) is 2.93. The van der Waals surface area contributed by atoms with E-state index in [2.05, 4.69) is 11.4 Å². The number of hydrogen-bond donors (Lipinski definition) is 2. The van der Waals surface area contributed by atoms with Crippen molar-refractivity contribution in [3.05, 3.63) is 107 Å². The Kier molecular flexibility index (Phi) is 6.98. The van der Waals surface area contributed by atoms with Crippen molar-refractivity contribution in [1.82, 2.24) is 0 Å². The van der Waals surface area contributed by atoms with E-state index in [-0.39, 0.29) is 23.8 Å². The summed E-state index contributed by atoms with van der Waals surface area (Å²) >= 11 is 5.95. The Morgan fingerprint density at radius 1 is 0.974 bits per heavy atom. The number of nitriles is 1. The van der Waals surface area contributed by atoms with Crippen molar-refractivity contribution in [2.24, 2.45) is 0 Å². The van der Waals surface area contributed by atoms with Gasteiger partial charge in [0.25, 0.3) is 5.91 Å². The van der Waals surface area contributed by atoms with Gasteiger partial charge in [-0.2, -0.15) is 5.26 Å². The molecule has 188 valence electrons. The second kappa shape index (κ2) is 10.7. The number of carboxylic acid groups (broad SMARTS) is 1. The second-order valence-corrected chi connectivity index (χ2v) is 9.13. The molecule has 4 aromatic carbocycles. The van der Waals surface area contributed by atoms with Crippen molar-refractivity contribution >= 4 is 29.2 Å². The van der Waals surface area contributed by atoms with E-state index >= 15 is 0 Å². The monoisotopic (exact) mass is 524 g/mol. The maximum Gasteiger partial charge on any atom is 0.311 e. The summed E-state index contributed by atoms with van der Waals surface area (Å²) in [6.45, 7) is 0.267. The molecule has 1 atom stereocenters. The largest absolute Gasteiger partial charge is 0.493 e. The number of fused-ring (bicyclic) bond motifs is 1. The molecular formula is C30H21ClN2O5. The molecular weight excluding hydrogens is 504 g/mol. The number of carbonyl (C=O) groups is 2. The maximum atomic E-state index is 12.7. The summed E-state index contributed by atoms with van der Waals surface area (Å²) in [5.41, 5.74) is 3.77. The van der Waals surface area contributed by atoms with Crippen LogP contribution in [0.5, 0.6) is 17.2 Å². The number of aliphatic carboxylic acids is 1. The summed E-state index contributed by atoms with van der Waals surface area (Å²) in [7, 11) is 0. The first-order valence-corrected chi connectivity index (χ1v) is 12.2. The van der Waals surface area contributed by atoms with E-state index in [9.17, 15) is 20.0 Å². The lowest BCUT2D eigenvalue weighted by Crippen LogP contribution is -2.21. The van der Waals surface area contributed by atoms with E-state index in [1.54, 1.807) is 24.3 Å². The molecule has 1 heterocycles. The van der Waals surface area contributed by atoms with Gasteiger partial charge in [0.1, 0.15) is 23.3 Å². The van der Waals surface area contributed by atoms with E-state index in [4.69, 9.17) is 21.1 Å². The van der Waals surface area contributed by atoms with Crippen LogP contribution in [0.1, 0.15) is 33.8 Å². The van der Waals surface area contributed by atoms with E-state index in [0.717, 1.165) is 11.1 Å². The Balaban J connectivity index is 1.27. The number of amides is 1. The van der Waals surface area contributed by atoms with Gasteiger partial charge in [0.05, 0.1) is 18.1 Å². The van der Waals surface area contributed by atoms with Crippen LogP contribution in [-0.4, -0.2) is 23.6 Å². The molecule has 1 aliphatic rings. The molecule has 8 heteroatoms. The van der Waals surface area contributed by atoms with Crippen LogP contribution in [0.15, 0.2) is 84.9 Å². The molecule has 0 saturated carbocycles. The zero-order chi connectivity index (χ0) is 26.6. The smallest absolute Gasteiger partial charge is 0.311 e. The molecule has 0 spiro atoms. The highest BCUT2D eigenvalue weighted by atomic mass is 35.5. The fourth-order valence-electron chi connectivity index (χ4n) is 4.24. The maximum absolute atomic E-state index is 12.7. The molecule has 0 aromatic heterocycles. The highest BCUT2D eigenvalue weighted by molar-refractivity contribution is 6.30. The molecule has 2 N–H and O–H groups in total. The molecule has 1 amide bonds. The standard InChI is InChI=1S/C30H21ClN2O5/c31-22-7-1-18(2-8-22)19-3-9-23(10-4-19)33-29(34)20-5-11-24(12-6-20)38-27-16-28-26(15-21(27)17-32)25(30(35)36)13-14-37-28/h1-12,15-16,25H,13-14H2,(H,33,34)(H,35,36). The predicted octanol–water partition coefficient (Wildman–Crippen LogP) is 6.87. The Morgan fingerprint density at radius 3 is 2.26 bits per heavy atom. The average molecular weight is 525 g/mol.